The lowest BCUT2D eigenvalue weighted by atomic mass is 10.2. The number of nitrogens with zero attached hydrogens (tertiary/aromatic N) is 1. The number of carbonyl (C=O) groups excluding carboxylic acids is 1. The molecule has 18 heavy (non-hydrogen) atoms. The topological polar surface area (TPSA) is 84.0 Å². The molecular formula is C12H13N3O3. The maximum atomic E-state index is 11.7. The van der Waals surface area contributed by atoms with Crippen LogP contribution in [-0.2, 0) is 11.3 Å². The number of hydrogen-bond acceptors (Lipinski definition) is 3. The SMILES string of the molecule is CCn1c(=O)c(=O)[nH]c2ccc(NC(C)=O)cc21. The molecule has 0 unspecified atom stereocenters. The van der Waals surface area contributed by atoms with Crippen LogP contribution in [0.25, 0.3) is 11.0 Å². The standard InChI is InChI=1S/C12H13N3O3/c1-3-15-10-6-8(13-7(2)16)4-5-9(10)14-11(17)12(15)18/h4-6H,3H2,1-2H3,(H,13,16)(H,14,17). The van der Waals surface area contributed by atoms with E-state index in [0.717, 1.165) is 0 Å². The maximum absolute atomic E-state index is 11.7. The Balaban J connectivity index is 2.75. The number of amides is 1. The predicted molar refractivity (Wildman–Crippen MR) is 68.8 cm³/mol. The summed E-state index contributed by atoms with van der Waals surface area (Å²) >= 11 is 0. The Hall–Kier alpha value is -2.37. The van der Waals surface area contributed by atoms with Crippen molar-refractivity contribution >= 4 is 22.6 Å². The van der Waals surface area contributed by atoms with Crippen molar-refractivity contribution in [2.75, 3.05) is 5.32 Å². The van der Waals surface area contributed by atoms with Gasteiger partial charge in [-0.2, -0.15) is 0 Å². The fourth-order valence-electron chi connectivity index (χ4n) is 1.86. The Kier molecular flexibility index (Phi) is 3.01. The first-order valence-electron chi connectivity index (χ1n) is 5.57. The van der Waals surface area contributed by atoms with E-state index in [-0.39, 0.29) is 5.91 Å². The highest BCUT2D eigenvalue weighted by atomic mass is 16.2. The summed E-state index contributed by atoms with van der Waals surface area (Å²) in [6.07, 6.45) is 0. The van der Waals surface area contributed by atoms with E-state index in [1.807, 2.05) is 0 Å². The van der Waals surface area contributed by atoms with Crippen LogP contribution in [0.2, 0.25) is 0 Å². The largest absolute Gasteiger partial charge is 0.326 e. The molecule has 0 aliphatic carbocycles. The van der Waals surface area contributed by atoms with Crippen molar-refractivity contribution in [2.45, 2.75) is 20.4 Å². The fourth-order valence-corrected chi connectivity index (χ4v) is 1.86. The number of hydrogen-bond donors (Lipinski definition) is 2. The molecule has 1 amide bonds. The second kappa shape index (κ2) is 4.48. The Bertz CT molecular complexity index is 727. The smallest absolute Gasteiger partial charge is 0.316 e. The van der Waals surface area contributed by atoms with E-state index in [1.165, 1.54) is 11.5 Å². The number of fused-ring (bicyclic) bond motifs is 1. The summed E-state index contributed by atoms with van der Waals surface area (Å²) in [5.41, 5.74) is 0.508. The molecule has 0 saturated heterocycles. The Morgan fingerprint density at radius 1 is 1.39 bits per heavy atom. The van der Waals surface area contributed by atoms with Gasteiger partial charge in [0.15, 0.2) is 0 Å². The van der Waals surface area contributed by atoms with E-state index in [0.29, 0.717) is 23.3 Å². The molecule has 2 aromatic rings. The zero-order chi connectivity index (χ0) is 13.3. The van der Waals surface area contributed by atoms with Crippen LogP contribution in [0.5, 0.6) is 0 Å². The number of carbonyl (C=O) groups is 1. The lowest BCUT2D eigenvalue weighted by Gasteiger charge is -2.09. The summed E-state index contributed by atoms with van der Waals surface area (Å²) in [5.74, 6) is -0.191. The average molecular weight is 247 g/mol. The first-order valence-corrected chi connectivity index (χ1v) is 5.57. The number of rotatable bonds is 2. The van der Waals surface area contributed by atoms with Crippen molar-refractivity contribution in [1.29, 1.82) is 0 Å². The minimum absolute atomic E-state index is 0.191. The van der Waals surface area contributed by atoms with Crippen LogP contribution in [0, 0.1) is 0 Å². The highest BCUT2D eigenvalue weighted by Gasteiger charge is 2.07. The van der Waals surface area contributed by atoms with Gasteiger partial charge >= 0.3 is 11.1 Å². The summed E-state index contributed by atoms with van der Waals surface area (Å²) in [6, 6.07) is 5.00. The van der Waals surface area contributed by atoms with Gasteiger partial charge in [0.25, 0.3) is 0 Å². The van der Waals surface area contributed by atoms with E-state index >= 15 is 0 Å². The van der Waals surface area contributed by atoms with E-state index in [1.54, 1.807) is 25.1 Å². The summed E-state index contributed by atoms with van der Waals surface area (Å²) in [5, 5.41) is 2.64. The van der Waals surface area contributed by atoms with Crippen molar-refractivity contribution < 1.29 is 4.79 Å². The maximum Gasteiger partial charge on any atom is 0.316 e. The first-order chi connectivity index (χ1) is 8.52. The normalized spacial score (nSPS) is 10.6. The highest BCUT2D eigenvalue weighted by Crippen LogP contribution is 2.15. The number of aryl methyl sites for hydroxylation is 1. The number of anilines is 1. The van der Waals surface area contributed by atoms with Gasteiger partial charge in [0.2, 0.25) is 5.91 Å². The van der Waals surface area contributed by atoms with Gasteiger partial charge < -0.3 is 14.9 Å². The minimum Gasteiger partial charge on any atom is -0.326 e. The third kappa shape index (κ3) is 2.04. The molecule has 0 bridgehead atoms. The minimum atomic E-state index is -0.642. The third-order valence-corrected chi connectivity index (χ3v) is 2.61. The van der Waals surface area contributed by atoms with Crippen molar-refractivity contribution in [2.24, 2.45) is 0 Å². The van der Waals surface area contributed by atoms with E-state index in [4.69, 9.17) is 0 Å². The monoisotopic (exact) mass is 247 g/mol. The van der Waals surface area contributed by atoms with Crippen LogP contribution in [-0.4, -0.2) is 15.5 Å². The molecule has 0 atom stereocenters. The number of benzene rings is 1. The quantitative estimate of drug-likeness (QED) is 0.765. The summed E-state index contributed by atoms with van der Waals surface area (Å²) in [6.45, 7) is 3.58. The summed E-state index contributed by atoms with van der Waals surface area (Å²) < 4.78 is 1.37. The van der Waals surface area contributed by atoms with Gasteiger partial charge in [-0.15, -0.1) is 0 Å². The van der Waals surface area contributed by atoms with Crippen LogP contribution in [0.4, 0.5) is 5.69 Å². The Morgan fingerprint density at radius 2 is 2.11 bits per heavy atom. The molecule has 1 aromatic heterocycles. The van der Waals surface area contributed by atoms with Crippen molar-refractivity contribution in [1.82, 2.24) is 9.55 Å². The number of aromatic nitrogens is 2. The molecule has 6 nitrogen and oxygen atoms in total. The zero-order valence-corrected chi connectivity index (χ0v) is 10.1. The van der Waals surface area contributed by atoms with Crippen molar-refractivity contribution in [3.8, 4) is 0 Å². The second-order valence-electron chi connectivity index (χ2n) is 3.92. The molecule has 2 rings (SSSR count). The van der Waals surface area contributed by atoms with Gasteiger partial charge in [-0.25, -0.2) is 0 Å². The van der Waals surface area contributed by atoms with Gasteiger partial charge in [0.05, 0.1) is 11.0 Å². The molecule has 2 N–H and O–H groups in total. The van der Waals surface area contributed by atoms with Crippen LogP contribution in [0.1, 0.15) is 13.8 Å². The number of aromatic amines is 1. The van der Waals surface area contributed by atoms with Crippen LogP contribution in [0.3, 0.4) is 0 Å². The van der Waals surface area contributed by atoms with Crippen LogP contribution < -0.4 is 16.4 Å². The molecule has 0 fully saturated rings. The van der Waals surface area contributed by atoms with Gasteiger partial charge in [-0.1, -0.05) is 0 Å². The molecule has 1 aromatic carbocycles. The van der Waals surface area contributed by atoms with Crippen molar-refractivity contribution in [3.63, 3.8) is 0 Å². The van der Waals surface area contributed by atoms with Gasteiger partial charge in [-0.3, -0.25) is 14.4 Å². The summed E-state index contributed by atoms with van der Waals surface area (Å²) in [7, 11) is 0. The van der Waals surface area contributed by atoms with Gasteiger partial charge in [0, 0.05) is 19.2 Å². The first kappa shape index (κ1) is 12.1. The molecule has 94 valence electrons. The lowest BCUT2D eigenvalue weighted by molar-refractivity contribution is -0.114. The number of H-pyrrole nitrogens is 1. The molecule has 6 heteroatoms. The Labute approximate surface area is 102 Å². The molecule has 0 aliphatic rings. The fraction of sp³-hybridized carbons (Fsp3) is 0.250. The van der Waals surface area contributed by atoms with E-state index in [9.17, 15) is 14.4 Å². The zero-order valence-electron chi connectivity index (χ0n) is 10.1. The lowest BCUT2D eigenvalue weighted by Crippen LogP contribution is -2.36. The molecule has 0 saturated carbocycles. The van der Waals surface area contributed by atoms with Crippen LogP contribution in [0.15, 0.2) is 27.8 Å². The Morgan fingerprint density at radius 3 is 2.72 bits per heavy atom. The molecule has 1 heterocycles. The molecule has 0 aliphatic heterocycles. The molecular weight excluding hydrogens is 234 g/mol. The van der Waals surface area contributed by atoms with Crippen molar-refractivity contribution in [3.05, 3.63) is 38.9 Å². The molecule has 0 radical (unpaired) electrons. The van der Waals surface area contributed by atoms with E-state index in [2.05, 4.69) is 10.3 Å². The molecule has 0 spiro atoms. The highest BCUT2D eigenvalue weighted by molar-refractivity contribution is 5.91. The number of nitrogens with one attached hydrogen (secondary N) is 2. The van der Waals surface area contributed by atoms with E-state index < -0.39 is 11.1 Å². The second-order valence-corrected chi connectivity index (χ2v) is 3.92. The van der Waals surface area contributed by atoms with Gasteiger partial charge in [-0.05, 0) is 25.1 Å². The van der Waals surface area contributed by atoms with Crippen LogP contribution >= 0.6 is 0 Å². The van der Waals surface area contributed by atoms with Gasteiger partial charge in [0.1, 0.15) is 0 Å². The predicted octanol–water partition coefficient (Wildman–Crippen LogP) is 0.668. The summed E-state index contributed by atoms with van der Waals surface area (Å²) in [4.78, 5) is 36.6. The third-order valence-electron chi connectivity index (χ3n) is 2.61. The average Bonchev–Trinajstić information content (AvgIpc) is 2.31.